The molecule has 194 valence electrons. The monoisotopic (exact) mass is 515 g/mol. The second-order valence-corrected chi connectivity index (χ2v) is 8.57. The van der Waals surface area contributed by atoms with Crippen LogP contribution in [-0.4, -0.2) is 34.9 Å². The van der Waals surface area contributed by atoms with Crippen molar-refractivity contribution in [3.05, 3.63) is 101 Å². The number of rotatable bonds is 8. The van der Waals surface area contributed by atoms with Crippen LogP contribution in [0.5, 0.6) is 17.2 Å². The third kappa shape index (κ3) is 4.88. The average Bonchev–Trinajstić information content (AvgIpc) is 3.40. The second-order valence-electron chi connectivity index (χ2n) is 8.57. The van der Waals surface area contributed by atoms with Gasteiger partial charge in [0, 0.05) is 5.70 Å². The van der Waals surface area contributed by atoms with Gasteiger partial charge in [0.1, 0.15) is 30.5 Å². The summed E-state index contributed by atoms with van der Waals surface area (Å²) >= 11 is 0. The number of methoxy groups -OCH3 is 2. The molecule has 1 aliphatic heterocycles. The predicted molar refractivity (Wildman–Crippen MR) is 140 cm³/mol. The Hall–Kier alpha value is -4.86. The van der Waals surface area contributed by atoms with Crippen LogP contribution in [0.2, 0.25) is 0 Å². The molecule has 3 aromatic carbocycles. The number of nitrogens with one attached hydrogen (secondary N) is 2. The number of halogens is 1. The fraction of sp³-hybridized carbons (Fsp3) is 0.179. The number of benzene rings is 3. The largest absolute Gasteiger partial charge is 0.495 e. The van der Waals surface area contributed by atoms with E-state index in [2.05, 4.69) is 20.7 Å². The highest BCUT2D eigenvalue weighted by atomic mass is 19.1. The van der Waals surface area contributed by atoms with Crippen LogP contribution in [0.25, 0.3) is 0 Å². The Morgan fingerprint density at radius 3 is 2.55 bits per heavy atom. The topological polar surface area (TPSA) is 99.5 Å². The average molecular weight is 516 g/mol. The van der Waals surface area contributed by atoms with Crippen LogP contribution in [-0.2, 0) is 11.4 Å². The van der Waals surface area contributed by atoms with E-state index in [4.69, 9.17) is 14.2 Å². The molecule has 1 aliphatic rings. The van der Waals surface area contributed by atoms with Crippen LogP contribution in [0.15, 0.2) is 84.3 Å². The van der Waals surface area contributed by atoms with Crippen molar-refractivity contribution in [2.75, 3.05) is 24.9 Å². The number of para-hydroxylation sites is 2. The maximum absolute atomic E-state index is 13.7. The Kier molecular flexibility index (Phi) is 6.94. The number of amides is 1. The van der Waals surface area contributed by atoms with Crippen LogP contribution in [0, 0.1) is 5.82 Å². The Labute approximate surface area is 218 Å². The smallest absolute Gasteiger partial charge is 0.255 e. The van der Waals surface area contributed by atoms with Crippen LogP contribution in [0.4, 0.5) is 16.0 Å². The zero-order chi connectivity index (χ0) is 26.6. The molecule has 9 nitrogen and oxygen atoms in total. The summed E-state index contributed by atoms with van der Waals surface area (Å²) in [5.74, 6) is 1.42. The fourth-order valence-corrected chi connectivity index (χ4v) is 4.35. The van der Waals surface area contributed by atoms with E-state index in [0.29, 0.717) is 40.2 Å². The fourth-order valence-electron chi connectivity index (χ4n) is 4.35. The van der Waals surface area contributed by atoms with Crippen molar-refractivity contribution in [1.82, 2.24) is 14.8 Å². The lowest BCUT2D eigenvalue weighted by Gasteiger charge is -2.29. The summed E-state index contributed by atoms with van der Waals surface area (Å²) in [6.45, 7) is 2.06. The predicted octanol–water partition coefficient (Wildman–Crippen LogP) is 4.94. The Morgan fingerprint density at radius 2 is 1.79 bits per heavy atom. The van der Waals surface area contributed by atoms with Crippen molar-refractivity contribution >= 4 is 17.5 Å². The van der Waals surface area contributed by atoms with Crippen LogP contribution >= 0.6 is 0 Å². The summed E-state index contributed by atoms with van der Waals surface area (Å²) in [7, 11) is 3.09. The second kappa shape index (κ2) is 10.6. The molecule has 0 radical (unpaired) electrons. The molecule has 4 aromatic rings. The highest BCUT2D eigenvalue weighted by Crippen LogP contribution is 2.39. The van der Waals surface area contributed by atoms with E-state index < -0.39 is 6.04 Å². The molecule has 0 fully saturated rings. The first-order chi connectivity index (χ1) is 18.5. The van der Waals surface area contributed by atoms with Crippen molar-refractivity contribution in [3.63, 3.8) is 0 Å². The lowest BCUT2D eigenvalue weighted by Crippen LogP contribution is -2.31. The van der Waals surface area contributed by atoms with Gasteiger partial charge in [0.15, 0.2) is 11.5 Å². The molecule has 0 unspecified atom stereocenters. The molecule has 0 aliphatic carbocycles. The Balaban J connectivity index is 1.47. The van der Waals surface area contributed by atoms with Crippen molar-refractivity contribution in [1.29, 1.82) is 0 Å². The summed E-state index contributed by atoms with van der Waals surface area (Å²) in [5.41, 5.74) is 3.20. The highest BCUT2D eigenvalue weighted by Gasteiger charge is 2.34. The number of nitrogens with zero attached hydrogens (tertiary/aromatic N) is 3. The third-order valence-electron chi connectivity index (χ3n) is 6.21. The Bertz CT molecular complexity index is 1500. The van der Waals surface area contributed by atoms with E-state index in [9.17, 15) is 9.18 Å². The minimum atomic E-state index is -0.594. The molecule has 2 N–H and O–H groups in total. The van der Waals surface area contributed by atoms with E-state index in [1.165, 1.54) is 18.5 Å². The van der Waals surface area contributed by atoms with Crippen LogP contribution in [0.3, 0.4) is 0 Å². The van der Waals surface area contributed by atoms with Gasteiger partial charge in [0.2, 0.25) is 5.95 Å². The number of allylic oxidation sites excluding steroid dienone is 1. The summed E-state index contributed by atoms with van der Waals surface area (Å²) in [6.07, 6.45) is 1.43. The molecule has 0 saturated heterocycles. The normalized spacial score (nSPS) is 14.4. The van der Waals surface area contributed by atoms with Crippen molar-refractivity contribution in [2.45, 2.75) is 19.6 Å². The van der Waals surface area contributed by atoms with Crippen molar-refractivity contribution in [3.8, 4) is 17.2 Å². The van der Waals surface area contributed by atoms with Crippen molar-refractivity contribution in [2.24, 2.45) is 0 Å². The van der Waals surface area contributed by atoms with Gasteiger partial charge in [-0.2, -0.15) is 10.1 Å². The summed E-state index contributed by atoms with van der Waals surface area (Å²) in [4.78, 5) is 17.9. The molecule has 0 bridgehead atoms. The molecule has 1 atom stereocenters. The van der Waals surface area contributed by atoms with Gasteiger partial charge >= 0.3 is 0 Å². The number of carbonyl (C=O) groups excluding carboxylic acids is 1. The molecule has 5 rings (SSSR count). The first kappa shape index (κ1) is 24.8. The van der Waals surface area contributed by atoms with E-state index in [0.717, 1.165) is 11.1 Å². The third-order valence-corrected chi connectivity index (χ3v) is 6.21. The SMILES string of the molecule is COc1ccccc1NC(=O)C1=C(C)Nc2ncnn2[C@H]1c1ccc(OCc2ccc(F)cc2)c(OC)c1. The molecule has 38 heavy (non-hydrogen) atoms. The van der Waals surface area contributed by atoms with Crippen LogP contribution < -0.4 is 24.8 Å². The minimum Gasteiger partial charge on any atom is -0.495 e. The number of carbonyl (C=O) groups is 1. The van der Waals surface area contributed by atoms with Gasteiger partial charge < -0.3 is 24.8 Å². The lowest BCUT2D eigenvalue weighted by molar-refractivity contribution is -0.113. The van der Waals surface area contributed by atoms with E-state index in [1.807, 2.05) is 31.2 Å². The molecule has 1 aromatic heterocycles. The number of anilines is 2. The van der Waals surface area contributed by atoms with Crippen molar-refractivity contribution < 1.29 is 23.4 Å². The van der Waals surface area contributed by atoms with Gasteiger partial charge in [-0.1, -0.05) is 30.3 Å². The number of hydrogen-bond acceptors (Lipinski definition) is 7. The molecule has 10 heteroatoms. The standard InChI is InChI=1S/C28H26FN5O4/c1-17-25(27(35)33-21-6-4-5-7-22(21)36-2)26(34-28(32-17)30-16-31-34)19-10-13-23(24(14-19)37-3)38-15-18-8-11-20(29)12-9-18/h4-14,16,26H,15H2,1-3H3,(H,33,35)(H,30,31,32)/t26-/m0/s1. The van der Waals surface area contributed by atoms with Gasteiger partial charge in [-0.3, -0.25) is 4.79 Å². The van der Waals surface area contributed by atoms with Gasteiger partial charge in [0.25, 0.3) is 5.91 Å². The molecule has 0 spiro atoms. The van der Waals surface area contributed by atoms with Gasteiger partial charge in [0.05, 0.1) is 25.5 Å². The number of fused-ring (bicyclic) bond motifs is 1. The molecule has 1 amide bonds. The number of aromatic nitrogens is 3. The van der Waals surface area contributed by atoms with Crippen LogP contribution in [0.1, 0.15) is 24.1 Å². The maximum atomic E-state index is 13.7. The first-order valence-electron chi connectivity index (χ1n) is 11.9. The Morgan fingerprint density at radius 1 is 1.03 bits per heavy atom. The summed E-state index contributed by atoms with van der Waals surface area (Å²) in [5, 5.41) is 10.5. The van der Waals surface area contributed by atoms with E-state index >= 15 is 0 Å². The zero-order valence-corrected chi connectivity index (χ0v) is 21.1. The number of ether oxygens (including phenoxy) is 3. The van der Waals surface area contributed by atoms with E-state index in [-0.39, 0.29) is 18.3 Å². The highest BCUT2D eigenvalue weighted by molar-refractivity contribution is 6.06. The van der Waals surface area contributed by atoms with Gasteiger partial charge in [-0.15, -0.1) is 0 Å². The lowest BCUT2D eigenvalue weighted by atomic mass is 9.94. The molecular weight excluding hydrogens is 489 g/mol. The first-order valence-corrected chi connectivity index (χ1v) is 11.9. The quantitative estimate of drug-likeness (QED) is 0.343. The van der Waals surface area contributed by atoms with Gasteiger partial charge in [-0.25, -0.2) is 9.07 Å². The zero-order valence-electron chi connectivity index (χ0n) is 21.1. The summed E-state index contributed by atoms with van der Waals surface area (Å²) in [6, 6.07) is 18.2. The molecular formula is C28H26FN5O4. The molecule has 2 heterocycles. The minimum absolute atomic E-state index is 0.238. The summed E-state index contributed by atoms with van der Waals surface area (Å²) < 4.78 is 31.9. The maximum Gasteiger partial charge on any atom is 0.255 e. The molecule has 0 saturated carbocycles. The number of hydrogen-bond donors (Lipinski definition) is 2. The van der Waals surface area contributed by atoms with Gasteiger partial charge in [-0.05, 0) is 54.4 Å². The van der Waals surface area contributed by atoms with E-state index in [1.54, 1.807) is 49.2 Å².